The normalized spacial score (nSPS) is 14.9. The van der Waals surface area contributed by atoms with Gasteiger partial charge in [0.25, 0.3) is 5.91 Å². The van der Waals surface area contributed by atoms with Crippen LogP contribution in [0.2, 0.25) is 0 Å². The van der Waals surface area contributed by atoms with Gasteiger partial charge >= 0.3 is 6.18 Å². The molecule has 0 spiro atoms. The molecule has 0 atom stereocenters. The number of amides is 1. The molecule has 0 unspecified atom stereocenters. The summed E-state index contributed by atoms with van der Waals surface area (Å²) in [5.41, 5.74) is -0.577. The Morgan fingerprint density at radius 2 is 1.93 bits per heavy atom. The molecule has 2 aromatic rings. The van der Waals surface area contributed by atoms with E-state index in [1.807, 2.05) is 13.8 Å². The highest BCUT2D eigenvalue weighted by atomic mass is 19.4. The van der Waals surface area contributed by atoms with Crippen LogP contribution in [-0.2, 0) is 6.18 Å². The zero-order chi connectivity index (χ0) is 21.9. The first-order valence-corrected chi connectivity index (χ1v) is 10.1. The fourth-order valence-corrected chi connectivity index (χ4v) is 3.74. The Morgan fingerprint density at radius 1 is 1.23 bits per heavy atom. The predicted octanol–water partition coefficient (Wildman–Crippen LogP) is 6.03. The predicted molar refractivity (Wildman–Crippen MR) is 107 cm³/mol. The Labute approximate surface area is 173 Å². The summed E-state index contributed by atoms with van der Waals surface area (Å²) in [6.07, 6.45) is 1.19. The Kier molecular flexibility index (Phi) is 6.63. The van der Waals surface area contributed by atoms with Gasteiger partial charge in [-0.1, -0.05) is 32.8 Å². The molecule has 1 saturated carbocycles. The maximum Gasteiger partial charge on any atom is 0.419 e. The second-order valence-corrected chi connectivity index (χ2v) is 7.96. The van der Waals surface area contributed by atoms with Gasteiger partial charge in [-0.3, -0.25) is 4.79 Å². The number of hydrogen-bond donors (Lipinski definition) is 2. The molecule has 1 aliphatic rings. The maximum absolute atomic E-state index is 14.3. The van der Waals surface area contributed by atoms with Crippen molar-refractivity contribution in [2.75, 3.05) is 11.9 Å². The van der Waals surface area contributed by atoms with Gasteiger partial charge in [0, 0.05) is 12.7 Å². The number of halogens is 4. The van der Waals surface area contributed by atoms with E-state index in [9.17, 15) is 22.4 Å². The van der Waals surface area contributed by atoms with Gasteiger partial charge < -0.3 is 10.6 Å². The van der Waals surface area contributed by atoms with Crippen molar-refractivity contribution >= 4 is 17.4 Å². The number of hydrogen-bond acceptors (Lipinski definition) is 3. The zero-order valence-electron chi connectivity index (χ0n) is 16.9. The summed E-state index contributed by atoms with van der Waals surface area (Å²) >= 11 is 0. The Bertz CT molecular complexity index is 906. The molecule has 30 heavy (non-hydrogen) atoms. The summed E-state index contributed by atoms with van der Waals surface area (Å²) < 4.78 is 53.1. The van der Waals surface area contributed by atoms with E-state index < -0.39 is 17.6 Å². The molecule has 2 N–H and O–H groups in total. The molecule has 1 fully saturated rings. The monoisotopic (exact) mass is 423 g/mol. The minimum Gasteiger partial charge on any atom is -0.352 e. The van der Waals surface area contributed by atoms with Crippen molar-refractivity contribution in [3.63, 3.8) is 0 Å². The molecule has 8 heteroatoms. The summed E-state index contributed by atoms with van der Waals surface area (Å²) in [7, 11) is 0. The van der Waals surface area contributed by atoms with Crippen LogP contribution in [0.4, 0.5) is 29.1 Å². The van der Waals surface area contributed by atoms with Crippen LogP contribution < -0.4 is 10.6 Å². The van der Waals surface area contributed by atoms with E-state index in [1.165, 1.54) is 25.1 Å². The van der Waals surface area contributed by atoms with Crippen LogP contribution in [0, 0.1) is 11.7 Å². The third-order valence-electron chi connectivity index (χ3n) is 5.40. The number of carbonyl (C=O) groups excluding carboxylic acids is 1. The number of benzene rings is 1. The van der Waals surface area contributed by atoms with E-state index in [-0.39, 0.29) is 23.3 Å². The molecular formula is C22H25F4N3O. The quantitative estimate of drug-likeness (QED) is 0.558. The van der Waals surface area contributed by atoms with Crippen LogP contribution >= 0.6 is 0 Å². The van der Waals surface area contributed by atoms with Crippen molar-refractivity contribution in [2.45, 2.75) is 51.6 Å². The number of carbonyl (C=O) groups is 1. The molecule has 3 rings (SSSR count). The topological polar surface area (TPSA) is 54.0 Å². The molecule has 0 aliphatic heterocycles. The highest BCUT2D eigenvalue weighted by Crippen LogP contribution is 2.35. The van der Waals surface area contributed by atoms with Crippen molar-refractivity contribution < 1.29 is 22.4 Å². The Hall–Kier alpha value is -2.64. The molecule has 0 bridgehead atoms. The van der Waals surface area contributed by atoms with Gasteiger partial charge in [-0.25, -0.2) is 9.37 Å². The second-order valence-electron chi connectivity index (χ2n) is 7.96. The van der Waals surface area contributed by atoms with Crippen molar-refractivity contribution in [1.29, 1.82) is 0 Å². The number of alkyl halides is 3. The van der Waals surface area contributed by atoms with Crippen LogP contribution in [0.3, 0.4) is 0 Å². The first-order chi connectivity index (χ1) is 14.2. The van der Waals surface area contributed by atoms with Crippen molar-refractivity contribution in [1.82, 2.24) is 10.3 Å². The molecule has 0 radical (unpaired) electrons. The standard InChI is InChI=1S/C22H25F4N3O/c1-13(2)15-10-19(29-18-9-5-8-17(20(18)23)22(24,25)26)27-12-16(15)21(30)28-11-14-6-3-4-7-14/h5,8-10,12-14H,3-4,6-7,11H2,1-2H3,(H,27,29)(H,28,30). The highest BCUT2D eigenvalue weighted by Gasteiger charge is 2.35. The van der Waals surface area contributed by atoms with Crippen LogP contribution in [0.15, 0.2) is 30.5 Å². The zero-order valence-corrected chi connectivity index (χ0v) is 16.9. The Balaban J connectivity index is 1.81. The first kappa shape index (κ1) is 22.1. The number of pyridine rings is 1. The summed E-state index contributed by atoms with van der Waals surface area (Å²) in [5, 5.41) is 5.56. The fraction of sp³-hybridized carbons (Fsp3) is 0.455. The minimum atomic E-state index is -4.79. The fourth-order valence-electron chi connectivity index (χ4n) is 3.74. The van der Waals surface area contributed by atoms with Gasteiger partial charge in [0.15, 0.2) is 5.82 Å². The largest absolute Gasteiger partial charge is 0.419 e. The lowest BCUT2D eigenvalue weighted by Crippen LogP contribution is -2.29. The molecule has 4 nitrogen and oxygen atoms in total. The molecule has 0 saturated heterocycles. The van der Waals surface area contributed by atoms with Crippen molar-refractivity contribution in [2.24, 2.45) is 5.92 Å². The van der Waals surface area contributed by atoms with Gasteiger partial charge in [-0.05, 0) is 48.4 Å². The smallest absolute Gasteiger partial charge is 0.352 e. The van der Waals surface area contributed by atoms with Crippen LogP contribution in [0.1, 0.15) is 66.9 Å². The van der Waals surface area contributed by atoms with Crippen LogP contribution in [-0.4, -0.2) is 17.4 Å². The summed E-state index contributed by atoms with van der Waals surface area (Å²) in [6.45, 7) is 4.42. The first-order valence-electron chi connectivity index (χ1n) is 10.1. The molecule has 162 valence electrons. The molecule has 1 heterocycles. The number of anilines is 2. The lowest BCUT2D eigenvalue weighted by molar-refractivity contribution is -0.139. The number of aromatic nitrogens is 1. The van der Waals surface area contributed by atoms with Gasteiger partial charge in [0.2, 0.25) is 0 Å². The average Bonchev–Trinajstić information content (AvgIpc) is 3.20. The third-order valence-corrected chi connectivity index (χ3v) is 5.40. The molecule has 1 aromatic heterocycles. The number of rotatable bonds is 6. The van der Waals surface area contributed by atoms with E-state index in [4.69, 9.17) is 0 Å². The van der Waals surface area contributed by atoms with E-state index in [1.54, 1.807) is 6.07 Å². The maximum atomic E-state index is 14.3. The summed E-state index contributed by atoms with van der Waals surface area (Å²) in [6, 6.07) is 4.60. The van der Waals surface area contributed by atoms with Gasteiger partial charge in [0.1, 0.15) is 5.82 Å². The SMILES string of the molecule is CC(C)c1cc(Nc2cccc(C(F)(F)F)c2F)ncc1C(=O)NCC1CCCC1. The molecule has 1 aliphatic carbocycles. The van der Waals surface area contributed by atoms with Gasteiger partial charge in [0.05, 0.1) is 16.8 Å². The van der Waals surface area contributed by atoms with E-state index in [0.29, 0.717) is 29.7 Å². The van der Waals surface area contributed by atoms with E-state index >= 15 is 0 Å². The van der Waals surface area contributed by atoms with Crippen molar-refractivity contribution in [3.8, 4) is 0 Å². The molecular weight excluding hydrogens is 398 g/mol. The van der Waals surface area contributed by atoms with E-state index in [0.717, 1.165) is 18.9 Å². The lowest BCUT2D eigenvalue weighted by atomic mass is 9.98. The third kappa shape index (κ3) is 5.09. The van der Waals surface area contributed by atoms with Crippen LogP contribution in [0.25, 0.3) is 0 Å². The van der Waals surface area contributed by atoms with E-state index in [2.05, 4.69) is 15.6 Å². The van der Waals surface area contributed by atoms with Gasteiger partial charge in [-0.2, -0.15) is 13.2 Å². The van der Waals surface area contributed by atoms with Gasteiger partial charge in [-0.15, -0.1) is 0 Å². The number of nitrogens with zero attached hydrogens (tertiary/aromatic N) is 1. The lowest BCUT2D eigenvalue weighted by Gasteiger charge is -2.17. The summed E-state index contributed by atoms with van der Waals surface area (Å²) in [4.78, 5) is 16.8. The second kappa shape index (κ2) is 9.02. The average molecular weight is 423 g/mol. The molecule has 1 amide bonds. The summed E-state index contributed by atoms with van der Waals surface area (Å²) in [5.74, 6) is -0.989. The van der Waals surface area contributed by atoms with Crippen molar-refractivity contribution in [3.05, 3.63) is 53.0 Å². The minimum absolute atomic E-state index is 0.0351. The Morgan fingerprint density at radius 3 is 2.57 bits per heavy atom. The highest BCUT2D eigenvalue weighted by molar-refractivity contribution is 5.96. The molecule has 1 aromatic carbocycles. The number of nitrogens with one attached hydrogen (secondary N) is 2. The van der Waals surface area contributed by atoms with Crippen LogP contribution in [0.5, 0.6) is 0 Å².